The van der Waals surface area contributed by atoms with Gasteiger partial charge in [-0.15, -0.1) is 23.2 Å². The molecule has 7 heteroatoms. The molecule has 1 heterocycles. The number of nitrogens with zero attached hydrogens (tertiary/aromatic N) is 2. The molecular weight excluding hydrogens is 390 g/mol. The van der Waals surface area contributed by atoms with Crippen molar-refractivity contribution in [1.29, 1.82) is 0 Å². The maximum atomic E-state index is 14.1. The van der Waals surface area contributed by atoms with Gasteiger partial charge in [0.25, 0.3) is 0 Å². The minimum Gasteiger partial charge on any atom is -0.417 e. The highest BCUT2D eigenvalue weighted by Gasteiger charge is 2.42. The van der Waals surface area contributed by atoms with E-state index in [4.69, 9.17) is 27.7 Å². The molecule has 0 amide bonds. The smallest absolute Gasteiger partial charge is 0.417 e. The zero-order chi connectivity index (χ0) is 18.4. The van der Waals surface area contributed by atoms with E-state index in [-0.39, 0.29) is 0 Å². The third kappa shape index (κ3) is 4.10. The van der Waals surface area contributed by atoms with E-state index in [0.717, 1.165) is 11.3 Å². The third-order valence-electron chi connectivity index (χ3n) is 4.13. The van der Waals surface area contributed by atoms with Gasteiger partial charge in [0.15, 0.2) is 0 Å². The molecule has 1 atom stereocenters. The molecule has 0 bridgehead atoms. The predicted octanol–water partition coefficient (Wildman–Crippen LogP) is 5.45. The van der Waals surface area contributed by atoms with Gasteiger partial charge in [0.05, 0.1) is 6.54 Å². The third-order valence-corrected chi connectivity index (χ3v) is 7.02. The Bertz CT molecular complexity index is 781. The number of anilines is 1. The van der Waals surface area contributed by atoms with Crippen LogP contribution >= 0.6 is 30.9 Å². The van der Waals surface area contributed by atoms with Gasteiger partial charge in [-0.3, -0.25) is 4.67 Å². The summed E-state index contributed by atoms with van der Waals surface area (Å²) in [5.41, 5.74) is 1.74. The Morgan fingerprint density at radius 2 is 1.54 bits per heavy atom. The number of halogens is 2. The largest absolute Gasteiger partial charge is 0.422 e. The van der Waals surface area contributed by atoms with Crippen LogP contribution in [0, 0.1) is 0 Å². The second-order valence-corrected chi connectivity index (χ2v) is 8.73. The average Bonchev–Trinajstić information content (AvgIpc) is 2.69. The molecule has 0 spiro atoms. The van der Waals surface area contributed by atoms with E-state index in [1.165, 1.54) is 0 Å². The molecule has 0 aromatic heterocycles. The van der Waals surface area contributed by atoms with E-state index in [9.17, 15) is 4.57 Å². The first-order valence-electron chi connectivity index (χ1n) is 8.44. The Labute approximate surface area is 164 Å². The zero-order valence-electron chi connectivity index (χ0n) is 14.3. The van der Waals surface area contributed by atoms with Gasteiger partial charge in [0.2, 0.25) is 0 Å². The standard InChI is InChI=1S/C19H21Cl2N2O2P/c20-12-15-22(16-13-21)26(24)23(18-9-5-2-6-10-18)14-11-19(25-26)17-7-3-1-4-8-17/h1-11H,12-16H2/t26-/m1/s1. The monoisotopic (exact) mass is 410 g/mol. The topological polar surface area (TPSA) is 32.8 Å². The lowest BCUT2D eigenvalue weighted by Crippen LogP contribution is -2.37. The summed E-state index contributed by atoms with van der Waals surface area (Å²) in [6, 6.07) is 19.3. The number of rotatable bonds is 7. The Morgan fingerprint density at radius 1 is 0.962 bits per heavy atom. The normalized spacial score (nSPS) is 20.0. The van der Waals surface area contributed by atoms with Gasteiger partial charge in [0, 0.05) is 36.1 Å². The summed E-state index contributed by atoms with van der Waals surface area (Å²) >= 11 is 11.9. The highest BCUT2D eigenvalue weighted by molar-refractivity contribution is 7.58. The molecule has 0 fully saturated rings. The lowest BCUT2D eigenvalue weighted by atomic mass is 10.2. The maximum Gasteiger partial charge on any atom is 0.422 e. The van der Waals surface area contributed by atoms with Crippen LogP contribution in [0.4, 0.5) is 5.69 Å². The van der Waals surface area contributed by atoms with Crippen LogP contribution < -0.4 is 4.67 Å². The molecule has 4 nitrogen and oxygen atoms in total. The van der Waals surface area contributed by atoms with Crippen molar-refractivity contribution in [3.8, 4) is 0 Å². The van der Waals surface area contributed by atoms with Crippen LogP contribution in [-0.4, -0.2) is 36.1 Å². The number of para-hydroxylation sites is 1. The van der Waals surface area contributed by atoms with Gasteiger partial charge in [0.1, 0.15) is 5.76 Å². The molecule has 1 aliphatic rings. The average molecular weight is 411 g/mol. The van der Waals surface area contributed by atoms with E-state index in [1.54, 1.807) is 9.34 Å². The van der Waals surface area contributed by atoms with Crippen LogP contribution in [0.5, 0.6) is 0 Å². The lowest BCUT2D eigenvalue weighted by Gasteiger charge is -2.41. The Kier molecular flexibility index (Phi) is 6.66. The minimum atomic E-state index is -3.38. The molecule has 0 unspecified atom stereocenters. The van der Waals surface area contributed by atoms with Gasteiger partial charge in [-0.05, 0) is 18.2 Å². The fraction of sp³-hybridized carbons (Fsp3) is 0.263. The van der Waals surface area contributed by atoms with E-state index >= 15 is 0 Å². The molecule has 0 N–H and O–H groups in total. The van der Waals surface area contributed by atoms with Crippen molar-refractivity contribution in [3.63, 3.8) is 0 Å². The summed E-state index contributed by atoms with van der Waals surface area (Å²) in [6.07, 6.45) is 1.96. The molecule has 3 rings (SSSR count). The van der Waals surface area contributed by atoms with Crippen molar-refractivity contribution in [3.05, 3.63) is 72.3 Å². The zero-order valence-corrected chi connectivity index (χ0v) is 16.7. The number of alkyl halides is 2. The van der Waals surface area contributed by atoms with E-state index in [2.05, 4.69) is 0 Å². The summed E-state index contributed by atoms with van der Waals surface area (Å²) in [4.78, 5) is 0. The van der Waals surface area contributed by atoms with Crippen LogP contribution in [0.25, 0.3) is 5.76 Å². The maximum absolute atomic E-state index is 14.1. The highest BCUT2D eigenvalue weighted by Crippen LogP contribution is 2.60. The van der Waals surface area contributed by atoms with Crippen molar-refractivity contribution < 1.29 is 9.09 Å². The fourth-order valence-electron chi connectivity index (χ4n) is 2.88. The lowest BCUT2D eigenvalue weighted by molar-refractivity contribution is 0.350. The van der Waals surface area contributed by atoms with Crippen LogP contribution in [0.2, 0.25) is 0 Å². The van der Waals surface area contributed by atoms with Crippen molar-refractivity contribution in [2.24, 2.45) is 0 Å². The summed E-state index contributed by atoms with van der Waals surface area (Å²) in [6.45, 7) is 1.33. The minimum absolute atomic E-state index is 0.344. The van der Waals surface area contributed by atoms with Crippen LogP contribution in [0.1, 0.15) is 5.56 Å². The number of benzene rings is 2. The van der Waals surface area contributed by atoms with E-state index in [0.29, 0.717) is 37.2 Å². The molecule has 138 valence electrons. The summed E-state index contributed by atoms with van der Waals surface area (Å²) < 4.78 is 23.8. The molecule has 1 aliphatic heterocycles. The van der Waals surface area contributed by atoms with Crippen molar-refractivity contribution in [2.75, 3.05) is 36.1 Å². The van der Waals surface area contributed by atoms with Gasteiger partial charge in [-0.2, -0.15) is 0 Å². The number of hydrogen-bond acceptors (Lipinski definition) is 2. The first kappa shape index (κ1) is 19.3. The van der Waals surface area contributed by atoms with Gasteiger partial charge in [-0.25, -0.2) is 9.24 Å². The van der Waals surface area contributed by atoms with E-state index in [1.807, 2.05) is 66.7 Å². The highest BCUT2D eigenvalue weighted by atomic mass is 35.5. The van der Waals surface area contributed by atoms with Crippen LogP contribution in [-0.2, 0) is 9.09 Å². The van der Waals surface area contributed by atoms with Gasteiger partial charge in [-0.1, -0.05) is 48.5 Å². The van der Waals surface area contributed by atoms with E-state index < -0.39 is 7.67 Å². The predicted molar refractivity (Wildman–Crippen MR) is 110 cm³/mol. The molecule has 2 aromatic carbocycles. The van der Waals surface area contributed by atoms with Crippen molar-refractivity contribution >= 4 is 42.3 Å². The molecule has 26 heavy (non-hydrogen) atoms. The van der Waals surface area contributed by atoms with Gasteiger partial charge < -0.3 is 4.52 Å². The van der Waals surface area contributed by atoms with Crippen LogP contribution in [0.3, 0.4) is 0 Å². The molecule has 0 saturated heterocycles. The van der Waals surface area contributed by atoms with Crippen LogP contribution in [0.15, 0.2) is 66.7 Å². The number of hydrogen-bond donors (Lipinski definition) is 0. The quantitative estimate of drug-likeness (QED) is 0.448. The second kappa shape index (κ2) is 8.96. The van der Waals surface area contributed by atoms with Crippen molar-refractivity contribution in [1.82, 2.24) is 4.67 Å². The SMILES string of the molecule is O=[P@]1(N(CCCl)CCCl)OC(c2ccccc2)=CCN1c1ccccc1. The summed E-state index contributed by atoms with van der Waals surface area (Å²) in [5, 5.41) is 0. The first-order valence-corrected chi connectivity index (χ1v) is 11.0. The summed E-state index contributed by atoms with van der Waals surface area (Å²) in [7, 11) is -3.38. The Balaban J connectivity index is 2.02. The summed E-state index contributed by atoms with van der Waals surface area (Å²) in [5.74, 6) is 1.31. The van der Waals surface area contributed by atoms with Gasteiger partial charge >= 0.3 is 7.67 Å². The molecular formula is C19H21Cl2N2O2P. The molecule has 0 saturated carbocycles. The molecule has 0 radical (unpaired) electrons. The second-order valence-electron chi connectivity index (χ2n) is 5.77. The molecule has 0 aliphatic carbocycles. The fourth-order valence-corrected chi connectivity index (χ4v) is 5.90. The molecule has 2 aromatic rings. The Hall–Kier alpha value is -1.45. The van der Waals surface area contributed by atoms with Crippen molar-refractivity contribution in [2.45, 2.75) is 0 Å². The first-order chi connectivity index (χ1) is 12.7. The Morgan fingerprint density at radius 3 is 2.12 bits per heavy atom.